The van der Waals surface area contributed by atoms with Gasteiger partial charge in [-0.1, -0.05) is 95.3 Å². The van der Waals surface area contributed by atoms with Crippen molar-refractivity contribution >= 4 is 27.8 Å². The molecule has 0 saturated carbocycles. The van der Waals surface area contributed by atoms with Gasteiger partial charge in [0.1, 0.15) is 0 Å². The van der Waals surface area contributed by atoms with Crippen molar-refractivity contribution in [1.82, 2.24) is 0 Å². The molecule has 0 unspecified atom stereocenters. The van der Waals surface area contributed by atoms with Gasteiger partial charge in [-0.15, -0.1) is 0 Å². The number of rotatable bonds is 7. The van der Waals surface area contributed by atoms with Gasteiger partial charge >= 0.3 is 0 Å². The Morgan fingerprint density at radius 1 is 0.688 bits per heavy atom. The molecule has 0 bridgehead atoms. The van der Waals surface area contributed by atoms with E-state index in [-0.39, 0.29) is 5.41 Å². The Morgan fingerprint density at radius 3 is 1.84 bits per heavy atom. The molecule has 1 nitrogen and oxygen atoms in total. The third kappa shape index (κ3) is 4.17. The second-order valence-electron chi connectivity index (χ2n) is 9.39. The van der Waals surface area contributed by atoms with Crippen LogP contribution in [0.2, 0.25) is 0 Å². The average Bonchev–Trinajstić information content (AvgIpc) is 2.84. The first-order valence-corrected chi connectivity index (χ1v) is 11.9. The van der Waals surface area contributed by atoms with Crippen molar-refractivity contribution in [2.45, 2.75) is 58.8 Å². The lowest BCUT2D eigenvalue weighted by molar-refractivity contribution is 0.439. The summed E-state index contributed by atoms with van der Waals surface area (Å²) in [5, 5.41) is 2.52. The molecule has 4 aromatic rings. The van der Waals surface area contributed by atoms with Crippen LogP contribution in [0.15, 0.2) is 91.0 Å². The minimum atomic E-state index is 0.224. The molecule has 0 spiro atoms. The van der Waals surface area contributed by atoms with Gasteiger partial charge in [-0.3, -0.25) is 0 Å². The number of benzene rings is 4. The van der Waals surface area contributed by atoms with Crippen molar-refractivity contribution in [3.05, 3.63) is 102 Å². The quantitative estimate of drug-likeness (QED) is 0.287. The number of hydrogen-bond acceptors (Lipinski definition) is 1. The molecule has 32 heavy (non-hydrogen) atoms. The van der Waals surface area contributed by atoms with Crippen molar-refractivity contribution in [2.75, 3.05) is 4.90 Å². The Labute approximate surface area is 193 Å². The Kier molecular flexibility index (Phi) is 6.37. The zero-order valence-electron chi connectivity index (χ0n) is 20.1. The first-order valence-electron chi connectivity index (χ1n) is 11.9. The summed E-state index contributed by atoms with van der Waals surface area (Å²) in [6.07, 6.45) is 2.29. The zero-order valence-corrected chi connectivity index (χ0v) is 20.1. The van der Waals surface area contributed by atoms with E-state index in [1.165, 1.54) is 39.0 Å². The van der Waals surface area contributed by atoms with Gasteiger partial charge in [-0.25, -0.2) is 0 Å². The summed E-state index contributed by atoms with van der Waals surface area (Å²) in [5.41, 5.74) is 6.59. The van der Waals surface area contributed by atoms with Gasteiger partial charge in [0.2, 0.25) is 0 Å². The van der Waals surface area contributed by atoms with E-state index in [0.29, 0.717) is 5.92 Å². The van der Waals surface area contributed by atoms with Crippen LogP contribution in [0.25, 0.3) is 10.8 Å². The van der Waals surface area contributed by atoms with E-state index in [4.69, 9.17) is 0 Å². The lowest BCUT2D eigenvalue weighted by Gasteiger charge is -2.30. The number of anilines is 3. The first kappa shape index (κ1) is 22.1. The highest BCUT2D eigenvalue weighted by molar-refractivity contribution is 5.98. The molecule has 0 saturated heterocycles. The highest BCUT2D eigenvalue weighted by Gasteiger charge is 2.23. The van der Waals surface area contributed by atoms with Crippen molar-refractivity contribution in [3.63, 3.8) is 0 Å². The predicted molar refractivity (Wildman–Crippen MR) is 141 cm³/mol. The van der Waals surface area contributed by atoms with E-state index in [1.54, 1.807) is 0 Å². The molecular formula is C31H35N. The third-order valence-electron chi connectivity index (χ3n) is 7.21. The van der Waals surface area contributed by atoms with Gasteiger partial charge in [0.15, 0.2) is 0 Å². The largest absolute Gasteiger partial charge is 0.310 e. The molecule has 0 aliphatic heterocycles. The molecule has 4 rings (SSSR count). The van der Waals surface area contributed by atoms with Gasteiger partial charge in [0.25, 0.3) is 0 Å². The van der Waals surface area contributed by atoms with Gasteiger partial charge in [-0.2, -0.15) is 0 Å². The standard InChI is InChI=1S/C31H35N/c1-6-31(5,7-2)26-17-21-28(22-18-26)32(27-19-15-24(16-20-27)23(3)4)30-14-10-12-25-11-8-9-13-29(25)30/h8-23H,6-7H2,1-5H3. The fourth-order valence-corrected chi connectivity index (χ4v) is 4.51. The summed E-state index contributed by atoms with van der Waals surface area (Å²) in [6.45, 7) is 11.4. The molecular weight excluding hydrogens is 386 g/mol. The second kappa shape index (κ2) is 9.20. The third-order valence-corrected chi connectivity index (χ3v) is 7.21. The summed E-state index contributed by atoms with van der Waals surface area (Å²) >= 11 is 0. The molecule has 0 aliphatic carbocycles. The van der Waals surface area contributed by atoms with Gasteiger partial charge in [0, 0.05) is 16.8 Å². The van der Waals surface area contributed by atoms with Crippen LogP contribution >= 0.6 is 0 Å². The fourth-order valence-electron chi connectivity index (χ4n) is 4.51. The summed E-state index contributed by atoms with van der Waals surface area (Å²) in [6, 6.07) is 33.5. The van der Waals surface area contributed by atoms with Gasteiger partial charge in [-0.05, 0) is 71.0 Å². The highest BCUT2D eigenvalue weighted by Crippen LogP contribution is 2.40. The molecule has 0 aliphatic rings. The molecule has 0 aromatic heterocycles. The maximum atomic E-state index is 2.39. The summed E-state index contributed by atoms with van der Waals surface area (Å²) in [5.74, 6) is 0.523. The average molecular weight is 422 g/mol. The minimum absolute atomic E-state index is 0.224. The van der Waals surface area contributed by atoms with Crippen LogP contribution in [0.5, 0.6) is 0 Å². The SMILES string of the molecule is CCC(C)(CC)c1ccc(N(c2ccc(C(C)C)cc2)c2cccc3ccccc23)cc1. The van der Waals surface area contributed by atoms with Crippen molar-refractivity contribution < 1.29 is 0 Å². The van der Waals surface area contributed by atoms with E-state index < -0.39 is 0 Å². The minimum Gasteiger partial charge on any atom is -0.310 e. The van der Waals surface area contributed by atoms with Crippen LogP contribution in [0.1, 0.15) is 64.5 Å². The van der Waals surface area contributed by atoms with E-state index in [9.17, 15) is 0 Å². The van der Waals surface area contributed by atoms with E-state index in [0.717, 1.165) is 12.8 Å². The number of fused-ring (bicyclic) bond motifs is 1. The maximum absolute atomic E-state index is 2.39. The summed E-state index contributed by atoms with van der Waals surface area (Å²) in [7, 11) is 0. The van der Waals surface area contributed by atoms with Crippen molar-refractivity contribution in [1.29, 1.82) is 0 Å². The van der Waals surface area contributed by atoms with E-state index in [2.05, 4.69) is 131 Å². The van der Waals surface area contributed by atoms with Crippen LogP contribution in [-0.2, 0) is 5.41 Å². The molecule has 0 N–H and O–H groups in total. The number of hydrogen-bond donors (Lipinski definition) is 0. The van der Waals surface area contributed by atoms with Crippen molar-refractivity contribution in [3.8, 4) is 0 Å². The molecule has 1 heteroatoms. The van der Waals surface area contributed by atoms with Crippen LogP contribution < -0.4 is 4.90 Å². The molecule has 0 heterocycles. The van der Waals surface area contributed by atoms with Crippen LogP contribution in [0, 0.1) is 0 Å². The normalized spacial score (nSPS) is 11.8. The molecule has 164 valence electrons. The zero-order chi connectivity index (χ0) is 22.7. The first-order chi connectivity index (χ1) is 15.5. The highest BCUT2D eigenvalue weighted by atomic mass is 15.1. The van der Waals surface area contributed by atoms with E-state index in [1.807, 2.05) is 0 Å². The second-order valence-corrected chi connectivity index (χ2v) is 9.39. The molecule has 0 radical (unpaired) electrons. The Hall–Kier alpha value is -3.06. The Bertz CT molecular complexity index is 1160. The monoisotopic (exact) mass is 421 g/mol. The lowest BCUT2D eigenvalue weighted by atomic mass is 9.78. The van der Waals surface area contributed by atoms with Crippen molar-refractivity contribution in [2.24, 2.45) is 0 Å². The molecule has 0 atom stereocenters. The van der Waals surface area contributed by atoms with Crippen LogP contribution in [0.3, 0.4) is 0 Å². The van der Waals surface area contributed by atoms with Crippen LogP contribution in [0.4, 0.5) is 17.1 Å². The maximum Gasteiger partial charge on any atom is 0.0540 e. The topological polar surface area (TPSA) is 3.24 Å². The molecule has 0 amide bonds. The molecule has 4 aromatic carbocycles. The summed E-state index contributed by atoms with van der Waals surface area (Å²) in [4.78, 5) is 2.39. The van der Waals surface area contributed by atoms with E-state index >= 15 is 0 Å². The van der Waals surface area contributed by atoms with Crippen LogP contribution in [-0.4, -0.2) is 0 Å². The molecule has 0 fully saturated rings. The van der Waals surface area contributed by atoms with Gasteiger partial charge < -0.3 is 4.90 Å². The fraction of sp³-hybridized carbons (Fsp3) is 0.290. The number of nitrogens with zero attached hydrogens (tertiary/aromatic N) is 1. The summed E-state index contributed by atoms with van der Waals surface area (Å²) < 4.78 is 0. The Morgan fingerprint density at radius 2 is 1.25 bits per heavy atom. The smallest absolute Gasteiger partial charge is 0.0540 e. The lowest BCUT2D eigenvalue weighted by Crippen LogP contribution is -2.19. The Balaban J connectivity index is 1.86. The predicted octanol–water partition coefficient (Wildman–Crippen LogP) is 9.51. The van der Waals surface area contributed by atoms with Gasteiger partial charge in [0.05, 0.1) is 5.69 Å².